The topological polar surface area (TPSA) is 37.3 Å². The van der Waals surface area contributed by atoms with Gasteiger partial charge in [0.05, 0.1) is 0 Å². The molecule has 0 saturated carbocycles. The average molecular weight is 389 g/mol. The fraction of sp³-hybridized carbons (Fsp3) is 0.808. The van der Waals surface area contributed by atoms with Gasteiger partial charge in [0.15, 0.2) is 0 Å². The summed E-state index contributed by atoms with van der Waals surface area (Å²) in [4.78, 5) is 10.4. The number of hydrogen-bond donors (Lipinski definition) is 1. The van der Waals surface area contributed by atoms with E-state index in [0.717, 1.165) is 32.1 Å². The molecule has 160 valence electrons. The highest BCUT2D eigenvalue weighted by Gasteiger charge is 1.97. The molecule has 0 spiro atoms. The molecule has 0 atom stereocenters. The number of carboxylic acids is 1. The zero-order valence-corrected chi connectivity index (χ0v) is 18.3. The van der Waals surface area contributed by atoms with Gasteiger partial charge in [-0.25, -0.2) is 0 Å². The van der Waals surface area contributed by atoms with Crippen molar-refractivity contribution in [2.45, 2.75) is 135 Å². The van der Waals surface area contributed by atoms with Gasteiger partial charge in [0, 0.05) is 25.7 Å². The molecule has 0 aromatic carbocycles. The second-order valence-corrected chi connectivity index (χ2v) is 7.96. The lowest BCUT2D eigenvalue weighted by atomic mass is 10.0. The van der Waals surface area contributed by atoms with Gasteiger partial charge in [0.1, 0.15) is 0 Å². The van der Waals surface area contributed by atoms with Crippen LogP contribution in [0.15, 0.2) is 0 Å². The third-order valence-electron chi connectivity index (χ3n) is 5.19. The summed E-state index contributed by atoms with van der Waals surface area (Å²) in [7, 11) is 0. The molecule has 0 aliphatic rings. The van der Waals surface area contributed by atoms with Gasteiger partial charge in [-0.1, -0.05) is 83.5 Å². The lowest BCUT2D eigenvalue weighted by Gasteiger charge is -2.02. The second-order valence-electron chi connectivity index (χ2n) is 7.96. The Kier molecular flexibility index (Phi) is 22.4. The minimum absolute atomic E-state index is 0.334. The van der Waals surface area contributed by atoms with Crippen LogP contribution in [0.4, 0.5) is 0 Å². The maximum absolute atomic E-state index is 10.4. The third-order valence-corrected chi connectivity index (χ3v) is 5.19. The van der Waals surface area contributed by atoms with E-state index in [4.69, 9.17) is 11.5 Å². The maximum atomic E-state index is 10.4. The van der Waals surface area contributed by atoms with E-state index in [-0.39, 0.29) is 0 Å². The largest absolute Gasteiger partial charge is 0.481 e. The number of hydrogen-bond acceptors (Lipinski definition) is 1. The Morgan fingerprint density at radius 3 is 1.21 bits per heavy atom. The fourth-order valence-electron chi connectivity index (χ4n) is 3.40. The first-order valence-electron chi connectivity index (χ1n) is 11.9. The summed E-state index contributed by atoms with van der Waals surface area (Å²) >= 11 is 0. The van der Waals surface area contributed by atoms with Crippen LogP contribution >= 0.6 is 0 Å². The minimum Gasteiger partial charge on any atom is -0.481 e. The second kappa shape index (κ2) is 23.6. The smallest absolute Gasteiger partial charge is 0.303 e. The van der Waals surface area contributed by atoms with Gasteiger partial charge in [0.2, 0.25) is 0 Å². The first-order chi connectivity index (χ1) is 13.8. The number of terminal acetylenes is 1. The van der Waals surface area contributed by atoms with Crippen LogP contribution in [0.25, 0.3) is 0 Å². The van der Waals surface area contributed by atoms with E-state index in [1.807, 2.05) is 0 Å². The van der Waals surface area contributed by atoms with Crippen LogP contribution in [0.5, 0.6) is 0 Å². The molecule has 0 aromatic rings. The van der Waals surface area contributed by atoms with Crippen molar-refractivity contribution in [1.29, 1.82) is 0 Å². The summed E-state index contributed by atoms with van der Waals surface area (Å²) in [6.07, 6.45) is 30.0. The maximum Gasteiger partial charge on any atom is 0.303 e. The van der Waals surface area contributed by atoms with Gasteiger partial charge in [-0.15, -0.1) is 24.2 Å². The molecule has 0 unspecified atom stereocenters. The first-order valence-corrected chi connectivity index (χ1v) is 11.9. The van der Waals surface area contributed by atoms with Crippen LogP contribution in [0.1, 0.15) is 135 Å². The normalized spacial score (nSPS) is 10.2. The molecule has 0 heterocycles. The number of aliphatic carboxylic acids is 1. The number of carbonyl (C=O) groups is 1. The van der Waals surface area contributed by atoms with Crippen molar-refractivity contribution in [2.24, 2.45) is 0 Å². The number of carboxylic acid groups (broad SMARTS) is 1. The molecular weight excluding hydrogens is 344 g/mol. The van der Waals surface area contributed by atoms with Crippen LogP contribution in [-0.4, -0.2) is 11.1 Å². The van der Waals surface area contributed by atoms with Gasteiger partial charge in [0.25, 0.3) is 0 Å². The summed E-state index contributed by atoms with van der Waals surface area (Å²) in [6.45, 7) is 0. The Bertz CT molecular complexity index is 436. The standard InChI is InChI=1S/C26H44O2/c1-2-3-4-5-6-7-8-9-10-11-12-13-14-15-16-17-18-19-20-21-22-23-24-25-26(27)28/h1H,3-8,11-25H2,(H,27,28). The lowest BCUT2D eigenvalue weighted by molar-refractivity contribution is -0.137. The molecule has 0 amide bonds. The highest BCUT2D eigenvalue weighted by Crippen LogP contribution is 2.13. The molecule has 1 N–H and O–H groups in total. The number of rotatable bonds is 20. The van der Waals surface area contributed by atoms with Crippen LogP contribution in [0, 0.1) is 24.2 Å². The van der Waals surface area contributed by atoms with Crippen molar-refractivity contribution in [3.05, 3.63) is 0 Å². The quantitative estimate of drug-likeness (QED) is 0.170. The Labute approximate surface area is 175 Å². The van der Waals surface area contributed by atoms with E-state index in [9.17, 15) is 4.79 Å². The van der Waals surface area contributed by atoms with E-state index in [0.29, 0.717) is 6.42 Å². The lowest BCUT2D eigenvalue weighted by Crippen LogP contribution is -1.93. The van der Waals surface area contributed by atoms with Crippen LogP contribution in [-0.2, 0) is 4.79 Å². The van der Waals surface area contributed by atoms with Crippen molar-refractivity contribution in [3.8, 4) is 24.2 Å². The molecule has 0 radical (unpaired) electrons. The molecule has 0 aliphatic carbocycles. The van der Waals surface area contributed by atoms with E-state index in [2.05, 4.69) is 17.8 Å². The zero-order chi connectivity index (χ0) is 20.5. The minimum atomic E-state index is -0.661. The van der Waals surface area contributed by atoms with Gasteiger partial charge in [-0.3, -0.25) is 4.79 Å². The van der Waals surface area contributed by atoms with Crippen molar-refractivity contribution in [1.82, 2.24) is 0 Å². The van der Waals surface area contributed by atoms with E-state index in [1.54, 1.807) is 0 Å². The molecule has 28 heavy (non-hydrogen) atoms. The highest BCUT2D eigenvalue weighted by molar-refractivity contribution is 5.66. The van der Waals surface area contributed by atoms with Gasteiger partial charge in [-0.05, 0) is 25.7 Å². The molecule has 0 rings (SSSR count). The first kappa shape index (κ1) is 26.6. The molecule has 0 fully saturated rings. The molecule has 0 saturated heterocycles. The van der Waals surface area contributed by atoms with Crippen LogP contribution in [0.3, 0.4) is 0 Å². The summed E-state index contributed by atoms with van der Waals surface area (Å²) in [6, 6.07) is 0. The molecule has 2 nitrogen and oxygen atoms in total. The number of unbranched alkanes of at least 4 members (excludes halogenated alkanes) is 18. The Morgan fingerprint density at radius 2 is 0.857 bits per heavy atom. The van der Waals surface area contributed by atoms with Crippen LogP contribution < -0.4 is 0 Å². The Balaban J connectivity index is 3.10. The van der Waals surface area contributed by atoms with E-state index >= 15 is 0 Å². The molecule has 0 bridgehead atoms. The SMILES string of the molecule is C#CCCCCCCC#CCCCCCCCCCCCCCCCC(=O)O. The van der Waals surface area contributed by atoms with Gasteiger partial charge >= 0.3 is 5.97 Å². The summed E-state index contributed by atoms with van der Waals surface area (Å²) in [5.74, 6) is 8.67. The van der Waals surface area contributed by atoms with Crippen molar-refractivity contribution >= 4 is 5.97 Å². The molecule has 0 aromatic heterocycles. The fourth-order valence-corrected chi connectivity index (χ4v) is 3.40. The predicted octanol–water partition coefficient (Wildman–Crippen LogP) is 7.90. The summed E-state index contributed by atoms with van der Waals surface area (Å²) in [5, 5.41) is 8.58. The van der Waals surface area contributed by atoms with E-state index in [1.165, 1.54) is 96.3 Å². The predicted molar refractivity (Wildman–Crippen MR) is 121 cm³/mol. The Morgan fingerprint density at radius 1 is 0.536 bits per heavy atom. The molecule has 2 heteroatoms. The van der Waals surface area contributed by atoms with Crippen molar-refractivity contribution < 1.29 is 9.90 Å². The van der Waals surface area contributed by atoms with Crippen molar-refractivity contribution in [3.63, 3.8) is 0 Å². The highest BCUT2D eigenvalue weighted by atomic mass is 16.4. The van der Waals surface area contributed by atoms with Crippen LogP contribution in [0.2, 0.25) is 0 Å². The zero-order valence-electron chi connectivity index (χ0n) is 18.3. The van der Waals surface area contributed by atoms with Crippen molar-refractivity contribution in [2.75, 3.05) is 0 Å². The molecule has 0 aliphatic heterocycles. The van der Waals surface area contributed by atoms with Gasteiger partial charge < -0.3 is 5.11 Å². The molecular formula is C26H44O2. The van der Waals surface area contributed by atoms with Gasteiger partial charge in [-0.2, -0.15) is 0 Å². The summed E-state index contributed by atoms with van der Waals surface area (Å²) in [5.41, 5.74) is 0. The third kappa shape index (κ3) is 24.6. The van der Waals surface area contributed by atoms with E-state index < -0.39 is 5.97 Å². The average Bonchev–Trinajstić information content (AvgIpc) is 2.68. The monoisotopic (exact) mass is 388 g/mol. The summed E-state index contributed by atoms with van der Waals surface area (Å²) < 4.78 is 0. The Hall–Kier alpha value is -1.41.